The molecule has 0 N–H and O–H groups in total. The summed E-state index contributed by atoms with van der Waals surface area (Å²) in [5, 5.41) is 10.1. The van der Waals surface area contributed by atoms with Gasteiger partial charge in [0.15, 0.2) is 11.0 Å². The van der Waals surface area contributed by atoms with Crippen LogP contribution in [-0.2, 0) is 11.3 Å². The van der Waals surface area contributed by atoms with Crippen LogP contribution < -0.4 is 0 Å². The molecule has 0 saturated heterocycles. The van der Waals surface area contributed by atoms with Crippen molar-refractivity contribution in [1.29, 1.82) is 0 Å². The SMILES string of the molecule is CCC(c1nnc(SCC(=O)C23CC4CC(CC(C4)C2)C3)n1Cc1ccccc1)N(C)C. The molecule has 5 nitrogen and oxygen atoms in total. The van der Waals surface area contributed by atoms with Gasteiger partial charge in [-0.15, -0.1) is 10.2 Å². The minimum Gasteiger partial charge on any atom is -0.300 e. The molecule has 0 amide bonds. The lowest BCUT2D eigenvalue weighted by atomic mass is 9.48. The molecule has 1 atom stereocenters. The van der Waals surface area contributed by atoms with Crippen molar-refractivity contribution in [3.05, 3.63) is 41.7 Å². The zero-order chi connectivity index (χ0) is 22.3. The number of benzene rings is 1. The first-order chi connectivity index (χ1) is 15.5. The third-order valence-electron chi connectivity index (χ3n) is 8.20. The fourth-order valence-corrected chi connectivity index (χ4v) is 8.06. The Kier molecular flexibility index (Phi) is 6.19. The van der Waals surface area contributed by atoms with Gasteiger partial charge in [0.25, 0.3) is 0 Å². The Morgan fingerprint density at radius 1 is 1.09 bits per heavy atom. The fraction of sp³-hybridized carbons (Fsp3) is 0.654. The van der Waals surface area contributed by atoms with Gasteiger partial charge in [-0.2, -0.15) is 0 Å². The van der Waals surface area contributed by atoms with Crippen LogP contribution in [0.4, 0.5) is 0 Å². The molecule has 1 heterocycles. The van der Waals surface area contributed by atoms with Gasteiger partial charge < -0.3 is 4.57 Å². The van der Waals surface area contributed by atoms with Crippen molar-refractivity contribution in [3.63, 3.8) is 0 Å². The Morgan fingerprint density at radius 3 is 2.28 bits per heavy atom. The summed E-state index contributed by atoms with van der Waals surface area (Å²) in [5.41, 5.74) is 1.20. The summed E-state index contributed by atoms with van der Waals surface area (Å²) in [6.45, 7) is 2.93. The number of carbonyl (C=O) groups is 1. The Hall–Kier alpha value is -1.66. The number of hydrogen-bond donors (Lipinski definition) is 0. The van der Waals surface area contributed by atoms with Crippen molar-refractivity contribution < 1.29 is 4.79 Å². The molecule has 1 unspecified atom stereocenters. The minimum absolute atomic E-state index is 0.0373. The average molecular weight is 453 g/mol. The topological polar surface area (TPSA) is 51.0 Å². The minimum atomic E-state index is -0.0373. The van der Waals surface area contributed by atoms with Gasteiger partial charge in [-0.05, 0) is 82.4 Å². The lowest BCUT2D eigenvalue weighted by molar-refractivity contribution is -0.141. The maximum absolute atomic E-state index is 13.6. The van der Waals surface area contributed by atoms with Crippen LogP contribution in [0.25, 0.3) is 0 Å². The average Bonchev–Trinajstić information content (AvgIpc) is 3.14. The monoisotopic (exact) mass is 452 g/mol. The molecule has 0 aliphatic heterocycles. The number of hydrogen-bond acceptors (Lipinski definition) is 5. The Morgan fingerprint density at radius 2 is 1.72 bits per heavy atom. The van der Waals surface area contributed by atoms with Crippen molar-refractivity contribution in [2.24, 2.45) is 23.2 Å². The predicted molar refractivity (Wildman–Crippen MR) is 129 cm³/mol. The summed E-state index contributed by atoms with van der Waals surface area (Å²) in [6, 6.07) is 10.7. The highest BCUT2D eigenvalue weighted by atomic mass is 32.2. The molecule has 4 fully saturated rings. The number of nitrogens with zero attached hydrogens (tertiary/aromatic N) is 4. The second-order valence-corrected chi connectivity index (χ2v) is 11.7. The van der Waals surface area contributed by atoms with Crippen molar-refractivity contribution in [2.45, 2.75) is 69.6 Å². The van der Waals surface area contributed by atoms with Gasteiger partial charge in [0.05, 0.1) is 18.3 Å². The molecular formula is C26H36N4OS. The molecule has 0 spiro atoms. The highest BCUT2D eigenvalue weighted by Crippen LogP contribution is 2.60. The second-order valence-electron chi connectivity index (χ2n) is 10.7. The standard InChI is InChI=1S/C26H36N4OS/c1-4-22(29(2)3)24-27-28-25(30(24)16-18-8-6-5-7-9-18)32-17-23(31)26-13-19-10-20(14-26)12-21(11-19)15-26/h5-9,19-22H,4,10-17H2,1-3H3. The summed E-state index contributed by atoms with van der Waals surface area (Å²) < 4.78 is 2.24. The van der Waals surface area contributed by atoms with E-state index in [1.165, 1.54) is 24.8 Å². The van der Waals surface area contributed by atoms with Crippen molar-refractivity contribution >= 4 is 17.5 Å². The Labute approximate surface area is 196 Å². The number of ketones is 1. The van der Waals surface area contributed by atoms with E-state index >= 15 is 0 Å². The number of carbonyl (C=O) groups excluding carboxylic acids is 1. The van der Waals surface area contributed by atoms with E-state index in [0.29, 0.717) is 11.5 Å². The first-order valence-corrected chi connectivity index (χ1v) is 13.3. The number of thioether (sulfide) groups is 1. The third-order valence-corrected chi connectivity index (χ3v) is 9.17. The van der Waals surface area contributed by atoms with Gasteiger partial charge in [0, 0.05) is 5.41 Å². The maximum atomic E-state index is 13.6. The molecule has 0 radical (unpaired) electrons. The third kappa shape index (κ3) is 4.16. The molecule has 4 saturated carbocycles. The van der Waals surface area contributed by atoms with Crippen molar-refractivity contribution in [3.8, 4) is 0 Å². The summed E-state index contributed by atoms with van der Waals surface area (Å²) in [6.07, 6.45) is 8.50. The van der Waals surface area contributed by atoms with Crippen LogP contribution in [-0.4, -0.2) is 45.3 Å². The predicted octanol–water partition coefficient (Wildman–Crippen LogP) is 5.22. The quantitative estimate of drug-likeness (QED) is 0.489. The van der Waals surface area contributed by atoms with Gasteiger partial charge in [-0.1, -0.05) is 49.0 Å². The van der Waals surface area contributed by atoms with Gasteiger partial charge in [-0.25, -0.2) is 0 Å². The first-order valence-electron chi connectivity index (χ1n) is 12.3. The molecular weight excluding hydrogens is 416 g/mol. The highest BCUT2D eigenvalue weighted by Gasteiger charge is 2.54. The summed E-state index contributed by atoms with van der Waals surface area (Å²) >= 11 is 1.61. The molecule has 2 aromatic rings. The maximum Gasteiger partial charge on any atom is 0.192 e. The van der Waals surface area contributed by atoms with Gasteiger partial charge in [0.2, 0.25) is 0 Å². The lowest BCUT2D eigenvalue weighted by Gasteiger charge is -2.56. The summed E-state index contributed by atoms with van der Waals surface area (Å²) in [7, 11) is 4.19. The molecule has 6 rings (SSSR count). The number of aromatic nitrogens is 3. The van der Waals surface area contributed by atoms with Gasteiger partial charge >= 0.3 is 0 Å². The van der Waals surface area contributed by atoms with E-state index in [0.717, 1.165) is 61.0 Å². The second kappa shape index (κ2) is 8.94. The van der Waals surface area contributed by atoms with Crippen LogP contribution in [0.15, 0.2) is 35.5 Å². The van der Waals surface area contributed by atoms with E-state index in [-0.39, 0.29) is 11.5 Å². The van der Waals surface area contributed by atoms with Crippen LogP contribution in [0.5, 0.6) is 0 Å². The molecule has 32 heavy (non-hydrogen) atoms. The molecule has 4 aliphatic rings. The van der Waals surface area contributed by atoms with E-state index < -0.39 is 0 Å². The van der Waals surface area contributed by atoms with Crippen molar-refractivity contribution in [2.75, 3.05) is 19.8 Å². The molecule has 1 aromatic carbocycles. The Balaban J connectivity index is 1.36. The van der Waals surface area contributed by atoms with E-state index in [9.17, 15) is 4.79 Å². The molecule has 1 aromatic heterocycles. The normalized spacial score (nSPS) is 29.6. The van der Waals surface area contributed by atoms with Crippen molar-refractivity contribution in [1.82, 2.24) is 19.7 Å². The van der Waals surface area contributed by atoms with Crippen LogP contribution in [0.3, 0.4) is 0 Å². The summed E-state index contributed by atoms with van der Waals surface area (Å²) in [5.74, 6) is 4.39. The van der Waals surface area contributed by atoms with Gasteiger partial charge in [-0.3, -0.25) is 9.69 Å². The van der Waals surface area contributed by atoms with E-state index in [4.69, 9.17) is 0 Å². The van der Waals surface area contributed by atoms with E-state index in [1.807, 2.05) is 6.07 Å². The first kappa shape index (κ1) is 22.1. The van der Waals surface area contributed by atoms with Crippen LogP contribution in [0, 0.1) is 23.2 Å². The number of Topliss-reactive ketones (excluding diaryl/α,β-unsaturated/α-hetero) is 1. The summed E-state index contributed by atoms with van der Waals surface area (Å²) in [4.78, 5) is 15.8. The Bertz CT molecular complexity index is 919. The van der Waals surface area contributed by atoms with Crippen LogP contribution >= 0.6 is 11.8 Å². The fourth-order valence-electron chi connectivity index (χ4n) is 7.08. The van der Waals surface area contributed by atoms with Crippen LogP contribution in [0.2, 0.25) is 0 Å². The molecule has 6 heteroatoms. The lowest BCUT2D eigenvalue weighted by Crippen LogP contribution is -2.50. The van der Waals surface area contributed by atoms with E-state index in [2.05, 4.69) is 64.9 Å². The number of rotatable bonds is 9. The smallest absolute Gasteiger partial charge is 0.192 e. The highest BCUT2D eigenvalue weighted by molar-refractivity contribution is 7.99. The molecule has 4 bridgehead atoms. The molecule has 172 valence electrons. The largest absolute Gasteiger partial charge is 0.300 e. The van der Waals surface area contributed by atoms with E-state index in [1.54, 1.807) is 11.8 Å². The van der Waals surface area contributed by atoms with Gasteiger partial charge in [0.1, 0.15) is 5.78 Å². The van der Waals surface area contributed by atoms with Crippen LogP contribution in [0.1, 0.15) is 69.3 Å². The molecule has 4 aliphatic carbocycles. The zero-order valence-corrected chi connectivity index (χ0v) is 20.5. The zero-order valence-electron chi connectivity index (χ0n) is 19.7.